The van der Waals surface area contributed by atoms with Crippen LogP contribution in [0.15, 0.2) is 54.7 Å². The minimum absolute atomic E-state index is 0.130. The molecule has 0 saturated heterocycles. The number of halogens is 1. The molecule has 0 fully saturated rings. The van der Waals surface area contributed by atoms with Crippen LogP contribution in [0.3, 0.4) is 0 Å². The lowest BCUT2D eigenvalue weighted by Crippen LogP contribution is -2.34. The van der Waals surface area contributed by atoms with E-state index in [0.717, 1.165) is 10.9 Å². The van der Waals surface area contributed by atoms with E-state index in [9.17, 15) is 14.0 Å². The molecular weight excluding hydrogens is 309 g/mol. The minimum Gasteiger partial charge on any atom is -0.360 e. The molecule has 0 spiro atoms. The van der Waals surface area contributed by atoms with Gasteiger partial charge in [-0.2, -0.15) is 0 Å². The minimum atomic E-state index is -0.434. The van der Waals surface area contributed by atoms with E-state index in [1.54, 1.807) is 19.3 Å². The first-order valence-electron chi connectivity index (χ1n) is 7.41. The molecule has 0 aliphatic carbocycles. The Bertz CT molecular complexity index is 904. The maximum Gasteiger partial charge on any atom is 0.256 e. The average molecular weight is 325 g/mol. The number of aromatic amines is 1. The first kappa shape index (κ1) is 15.7. The molecule has 0 saturated carbocycles. The topological polar surface area (TPSA) is 65.2 Å². The van der Waals surface area contributed by atoms with E-state index >= 15 is 0 Å². The smallest absolute Gasteiger partial charge is 0.256 e. The molecule has 0 bridgehead atoms. The molecular formula is C18H16FN3O2. The molecule has 0 atom stereocenters. The summed E-state index contributed by atoms with van der Waals surface area (Å²) < 4.78 is 13.1. The van der Waals surface area contributed by atoms with Gasteiger partial charge in [0.25, 0.3) is 5.91 Å². The fraction of sp³-hybridized carbons (Fsp3) is 0.111. The van der Waals surface area contributed by atoms with Gasteiger partial charge in [0, 0.05) is 29.8 Å². The Morgan fingerprint density at radius 3 is 2.75 bits per heavy atom. The first-order valence-corrected chi connectivity index (χ1v) is 7.41. The number of fused-ring (bicyclic) bond motifs is 1. The maximum atomic E-state index is 13.1. The Hall–Kier alpha value is -3.15. The Kier molecular flexibility index (Phi) is 4.29. The number of H-pyrrole nitrogens is 1. The van der Waals surface area contributed by atoms with Gasteiger partial charge >= 0.3 is 0 Å². The van der Waals surface area contributed by atoms with E-state index < -0.39 is 11.7 Å². The maximum absolute atomic E-state index is 13.1. The number of carbonyl (C=O) groups is 2. The lowest BCUT2D eigenvalue weighted by atomic mass is 10.1. The van der Waals surface area contributed by atoms with Gasteiger partial charge in [-0.1, -0.05) is 24.3 Å². The van der Waals surface area contributed by atoms with E-state index in [1.807, 2.05) is 24.3 Å². The third-order valence-corrected chi connectivity index (χ3v) is 3.66. The molecule has 6 heteroatoms. The van der Waals surface area contributed by atoms with Crippen molar-refractivity contribution in [3.8, 4) is 0 Å². The molecule has 24 heavy (non-hydrogen) atoms. The van der Waals surface area contributed by atoms with Crippen molar-refractivity contribution in [2.45, 2.75) is 0 Å². The van der Waals surface area contributed by atoms with Crippen LogP contribution in [0, 0.1) is 5.82 Å². The van der Waals surface area contributed by atoms with Crippen LogP contribution in [0.2, 0.25) is 0 Å². The lowest BCUT2D eigenvalue weighted by molar-refractivity contribution is -0.116. The van der Waals surface area contributed by atoms with Crippen molar-refractivity contribution in [2.75, 3.05) is 18.9 Å². The fourth-order valence-corrected chi connectivity index (χ4v) is 2.51. The number of anilines is 1. The fourth-order valence-electron chi connectivity index (χ4n) is 2.51. The van der Waals surface area contributed by atoms with Crippen molar-refractivity contribution < 1.29 is 14.0 Å². The zero-order valence-corrected chi connectivity index (χ0v) is 13.0. The van der Waals surface area contributed by atoms with E-state index in [1.165, 1.54) is 23.1 Å². The third-order valence-electron chi connectivity index (χ3n) is 3.66. The van der Waals surface area contributed by atoms with Crippen LogP contribution in [-0.2, 0) is 4.79 Å². The van der Waals surface area contributed by atoms with Crippen LogP contribution < -0.4 is 5.32 Å². The predicted molar refractivity (Wildman–Crippen MR) is 90.3 cm³/mol. The largest absolute Gasteiger partial charge is 0.360 e. The number of benzene rings is 2. The lowest BCUT2D eigenvalue weighted by Gasteiger charge is -2.16. The highest BCUT2D eigenvalue weighted by Crippen LogP contribution is 2.19. The van der Waals surface area contributed by atoms with Gasteiger partial charge in [-0.25, -0.2) is 4.39 Å². The molecule has 0 unspecified atom stereocenters. The number of nitrogens with zero attached hydrogens (tertiary/aromatic N) is 1. The molecule has 1 aromatic heterocycles. The van der Waals surface area contributed by atoms with Crippen molar-refractivity contribution in [1.82, 2.24) is 9.88 Å². The van der Waals surface area contributed by atoms with Gasteiger partial charge in [0.1, 0.15) is 5.82 Å². The summed E-state index contributed by atoms with van der Waals surface area (Å²) in [6.07, 6.45) is 1.63. The molecule has 0 aliphatic rings. The van der Waals surface area contributed by atoms with Crippen molar-refractivity contribution in [2.24, 2.45) is 0 Å². The van der Waals surface area contributed by atoms with Crippen LogP contribution in [0.5, 0.6) is 0 Å². The highest BCUT2D eigenvalue weighted by molar-refractivity contribution is 6.08. The highest BCUT2D eigenvalue weighted by atomic mass is 19.1. The Labute approximate surface area is 138 Å². The standard InChI is InChI=1S/C18H16FN3O2/c1-22(11-17(23)21-13-6-4-5-12(19)9-13)18(24)15-10-20-16-8-3-2-7-14(15)16/h2-10,20H,11H2,1H3,(H,21,23). The van der Waals surface area contributed by atoms with Gasteiger partial charge in [0.05, 0.1) is 12.1 Å². The van der Waals surface area contributed by atoms with Crippen LogP contribution in [0.1, 0.15) is 10.4 Å². The molecule has 2 N–H and O–H groups in total. The summed E-state index contributed by atoms with van der Waals surface area (Å²) >= 11 is 0. The number of likely N-dealkylation sites (N-methyl/N-ethyl adjacent to an activating group) is 1. The number of carbonyl (C=O) groups excluding carboxylic acids is 2. The number of aromatic nitrogens is 1. The summed E-state index contributed by atoms with van der Waals surface area (Å²) in [6.45, 7) is -0.130. The number of hydrogen-bond donors (Lipinski definition) is 2. The van der Waals surface area contributed by atoms with Crippen LogP contribution in [0.4, 0.5) is 10.1 Å². The molecule has 0 radical (unpaired) electrons. The Morgan fingerprint density at radius 1 is 1.17 bits per heavy atom. The van der Waals surface area contributed by atoms with Gasteiger partial charge < -0.3 is 15.2 Å². The monoisotopic (exact) mass is 325 g/mol. The van der Waals surface area contributed by atoms with E-state index in [4.69, 9.17) is 0 Å². The Morgan fingerprint density at radius 2 is 1.96 bits per heavy atom. The molecule has 122 valence electrons. The van der Waals surface area contributed by atoms with E-state index in [2.05, 4.69) is 10.3 Å². The predicted octanol–water partition coefficient (Wildman–Crippen LogP) is 3.02. The van der Waals surface area contributed by atoms with Gasteiger partial charge in [-0.15, -0.1) is 0 Å². The van der Waals surface area contributed by atoms with E-state index in [-0.39, 0.29) is 12.5 Å². The zero-order valence-electron chi connectivity index (χ0n) is 13.0. The molecule has 1 heterocycles. The highest BCUT2D eigenvalue weighted by Gasteiger charge is 2.18. The number of rotatable bonds is 4. The number of amides is 2. The summed E-state index contributed by atoms with van der Waals surface area (Å²) in [6, 6.07) is 13.1. The summed E-state index contributed by atoms with van der Waals surface area (Å²) in [5, 5.41) is 3.38. The van der Waals surface area contributed by atoms with Gasteiger partial charge in [0.15, 0.2) is 0 Å². The molecule has 3 rings (SSSR count). The molecule has 5 nitrogen and oxygen atoms in total. The van der Waals surface area contributed by atoms with Crippen LogP contribution >= 0.6 is 0 Å². The van der Waals surface area contributed by atoms with E-state index in [0.29, 0.717) is 11.3 Å². The normalized spacial score (nSPS) is 10.6. The number of hydrogen-bond acceptors (Lipinski definition) is 2. The summed E-state index contributed by atoms with van der Waals surface area (Å²) in [7, 11) is 1.55. The van der Waals surface area contributed by atoms with Crippen molar-refractivity contribution in [1.29, 1.82) is 0 Å². The summed E-state index contributed by atoms with van der Waals surface area (Å²) in [5.41, 5.74) is 1.72. The quantitative estimate of drug-likeness (QED) is 0.774. The second-order valence-corrected chi connectivity index (χ2v) is 5.47. The average Bonchev–Trinajstić information content (AvgIpc) is 2.98. The van der Waals surface area contributed by atoms with Gasteiger partial charge in [0.2, 0.25) is 5.91 Å². The molecule has 0 aliphatic heterocycles. The summed E-state index contributed by atoms with van der Waals surface area (Å²) in [5.74, 6) is -1.09. The van der Waals surface area contributed by atoms with Crippen molar-refractivity contribution in [3.63, 3.8) is 0 Å². The second-order valence-electron chi connectivity index (χ2n) is 5.47. The van der Waals surface area contributed by atoms with Gasteiger partial charge in [-0.3, -0.25) is 9.59 Å². The first-order chi connectivity index (χ1) is 11.5. The third kappa shape index (κ3) is 3.27. The van der Waals surface area contributed by atoms with Crippen LogP contribution in [0.25, 0.3) is 10.9 Å². The zero-order chi connectivity index (χ0) is 17.1. The molecule has 3 aromatic rings. The number of para-hydroxylation sites is 1. The second kappa shape index (κ2) is 6.54. The number of nitrogens with one attached hydrogen (secondary N) is 2. The Balaban J connectivity index is 1.69. The molecule has 2 amide bonds. The molecule has 2 aromatic carbocycles. The summed E-state index contributed by atoms with van der Waals surface area (Å²) in [4.78, 5) is 28.9. The van der Waals surface area contributed by atoms with Crippen LogP contribution in [-0.4, -0.2) is 35.3 Å². The SMILES string of the molecule is CN(CC(=O)Nc1cccc(F)c1)C(=O)c1c[nH]c2ccccc12. The van der Waals surface area contributed by atoms with Gasteiger partial charge in [-0.05, 0) is 24.3 Å². The van der Waals surface area contributed by atoms with Crippen molar-refractivity contribution >= 4 is 28.4 Å². The van der Waals surface area contributed by atoms with Crippen molar-refractivity contribution in [3.05, 3.63) is 66.1 Å².